The molecule has 1 aromatic carbocycles. The Hall–Kier alpha value is -1.72. The highest BCUT2D eigenvalue weighted by atomic mass is 32.1. The van der Waals surface area contributed by atoms with Crippen molar-refractivity contribution in [1.29, 1.82) is 0 Å². The molecule has 2 aliphatic rings. The first-order valence-corrected chi connectivity index (χ1v) is 12.6. The molecule has 0 atom stereocenters. The van der Waals surface area contributed by atoms with Crippen LogP contribution in [-0.2, 0) is 11.3 Å². The van der Waals surface area contributed by atoms with E-state index in [1.54, 1.807) is 11.3 Å². The van der Waals surface area contributed by atoms with Gasteiger partial charge in [-0.1, -0.05) is 56.5 Å². The molecule has 1 saturated carbocycles. The van der Waals surface area contributed by atoms with Gasteiger partial charge in [-0.2, -0.15) is 0 Å². The maximum atomic E-state index is 13.0. The summed E-state index contributed by atoms with van der Waals surface area (Å²) in [5.41, 5.74) is 2.25. The molecular formula is C25H35N3OS. The van der Waals surface area contributed by atoms with Crippen molar-refractivity contribution in [3.8, 4) is 11.3 Å². The van der Waals surface area contributed by atoms with E-state index in [0.717, 1.165) is 57.2 Å². The van der Waals surface area contributed by atoms with Crippen LogP contribution in [0.1, 0.15) is 56.9 Å². The van der Waals surface area contributed by atoms with E-state index in [9.17, 15) is 4.79 Å². The third-order valence-corrected chi connectivity index (χ3v) is 7.66. The number of rotatable bonds is 7. The molecule has 0 spiro atoms. The predicted octanol–water partition coefficient (Wildman–Crippen LogP) is 5.45. The Balaban J connectivity index is 1.22. The molecule has 162 valence electrons. The van der Waals surface area contributed by atoms with Crippen LogP contribution >= 0.6 is 11.3 Å². The minimum atomic E-state index is 0.279. The minimum Gasteiger partial charge on any atom is -0.340 e. The fourth-order valence-corrected chi connectivity index (χ4v) is 5.74. The number of carbonyl (C=O) groups excluding carboxylic acids is 1. The molecule has 4 nitrogen and oxygen atoms in total. The Morgan fingerprint density at radius 1 is 1.07 bits per heavy atom. The van der Waals surface area contributed by atoms with Crippen LogP contribution < -0.4 is 0 Å². The lowest BCUT2D eigenvalue weighted by atomic mass is 9.79. The number of nitrogens with zero attached hydrogens (tertiary/aromatic N) is 3. The molecular weight excluding hydrogens is 390 g/mol. The summed E-state index contributed by atoms with van der Waals surface area (Å²) < 4.78 is 0. The zero-order valence-electron chi connectivity index (χ0n) is 18.3. The van der Waals surface area contributed by atoms with E-state index < -0.39 is 0 Å². The van der Waals surface area contributed by atoms with E-state index in [-0.39, 0.29) is 5.92 Å². The molecule has 0 radical (unpaired) electrons. The summed E-state index contributed by atoms with van der Waals surface area (Å²) in [7, 11) is 0. The summed E-state index contributed by atoms with van der Waals surface area (Å²) >= 11 is 1.74. The number of carbonyl (C=O) groups is 1. The van der Waals surface area contributed by atoms with Crippen molar-refractivity contribution in [1.82, 2.24) is 14.8 Å². The van der Waals surface area contributed by atoms with Gasteiger partial charge < -0.3 is 4.90 Å². The first-order chi connectivity index (χ1) is 14.7. The lowest BCUT2D eigenvalue weighted by Crippen LogP contribution is -2.50. The fourth-order valence-electron chi connectivity index (χ4n) is 4.89. The van der Waals surface area contributed by atoms with Gasteiger partial charge in [0.05, 0.1) is 12.2 Å². The summed E-state index contributed by atoms with van der Waals surface area (Å²) in [6.07, 6.45) is 8.71. The number of piperazine rings is 1. The molecule has 0 N–H and O–H groups in total. The Morgan fingerprint density at radius 3 is 2.50 bits per heavy atom. The number of unbranched alkanes of at least 4 members (excludes halogenated alkanes) is 1. The summed E-state index contributed by atoms with van der Waals surface area (Å²) in [5, 5.41) is 3.32. The Morgan fingerprint density at radius 2 is 1.80 bits per heavy atom. The molecule has 2 fully saturated rings. The van der Waals surface area contributed by atoms with Crippen LogP contribution in [0.15, 0.2) is 35.7 Å². The lowest BCUT2D eigenvalue weighted by Gasteiger charge is -2.37. The van der Waals surface area contributed by atoms with Gasteiger partial charge in [-0.15, -0.1) is 11.3 Å². The normalized spacial score (nSPS) is 22.9. The van der Waals surface area contributed by atoms with E-state index in [1.165, 1.54) is 42.7 Å². The van der Waals surface area contributed by atoms with E-state index >= 15 is 0 Å². The van der Waals surface area contributed by atoms with Gasteiger partial charge in [0.1, 0.15) is 5.01 Å². The van der Waals surface area contributed by atoms with Crippen LogP contribution in [-0.4, -0.2) is 46.9 Å². The molecule has 5 heteroatoms. The highest BCUT2D eigenvalue weighted by molar-refractivity contribution is 7.09. The number of benzene rings is 1. The molecule has 1 amide bonds. The van der Waals surface area contributed by atoms with Crippen molar-refractivity contribution in [2.45, 2.75) is 58.4 Å². The Bertz CT molecular complexity index is 790. The molecule has 0 unspecified atom stereocenters. The topological polar surface area (TPSA) is 36.4 Å². The van der Waals surface area contributed by atoms with Gasteiger partial charge >= 0.3 is 0 Å². The van der Waals surface area contributed by atoms with Crippen molar-refractivity contribution in [2.75, 3.05) is 26.2 Å². The fraction of sp³-hybridized carbons (Fsp3) is 0.600. The average Bonchev–Trinajstić information content (AvgIpc) is 3.27. The SMILES string of the molecule is CCCCC1CCC(C(=O)N2CCN(Cc3nc(-c4ccccc4)cs3)CC2)CC1. The molecule has 1 aliphatic heterocycles. The van der Waals surface area contributed by atoms with Crippen LogP contribution in [0.5, 0.6) is 0 Å². The number of hydrogen-bond acceptors (Lipinski definition) is 4. The Labute approximate surface area is 185 Å². The van der Waals surface area contributed by atoms with Gasteiger partial charge in [0.2, 0.25) is 5.91 Å². The standard InChI is InChI=1S/C25H35N3OS/c1-2-3-7-20-10-12-22(13-11-20)25(29)28-16-14-27(15-17-28)18-24-26-23(19-30-24)21-8-5-4-6-9-21/h4-6,8-9,19-20,22H,2-3,7,10-18H2,1H3. The molecule has 1 aromatic heterocycles. The second-order valence-corrected chi connectivity index (χ2v) is 9.90. The van der Waals surface area contributed by atoms with E-state index in [4.69, 9.17) is 4.98 Å². The summed E-state index contributed by atoms with van der Waals surface area (Å²) in [6.45, 7) is 6.81. The van der Waals surface area contributed by atoms with Gasteiger partial charge in [0, 0.05) is 43.0 Å². The highest BCUT2D eigenvalue weighted by Gasteiger charge is 2.31. The highest BCUT2D eigenvalue weighted by Crippen LogP contribution is 2.33. The van der Waals surface area contributed by atoms with Crippen molar-refractivity contribution >= 4 is 17.2 Å². The van der Waals surface area contributed by atoms with Crippen LogP contribution in [0.2, 0.25) is 0 Å². The maximum Gasteiger partial charge on any atom is 0.225 e. The van der Waals surface area contributed by atoms with Crippen molar-refractivity contribution in [3.63, 3.8) is 0 Å². The third-order valence-electron chi connectivity index (χ3n) is 6.83. The zero-order chi connectivity index (χ0) is 20.8. The predicted molar refractivity (Wildman–Crippen MR) is 124 cm³/mol. The van der Waals surface area contributed by atoms with Crippen LogP contribution in [0.25, 0.3) is 11.3 Å². The number of hydrogen-bond donors (Lipinski definition) is 0. The average molecular weight is 426 g/mol. The third kappa shape index (κ3) is 5.50. The van der Waals surface area contributed by atoms with Gasteiger partial charge in [-0.05, 0) is 31.6 Å². The summed E-state index contributed by atoms with van der Waals surface area (Å²) in [6, 6.07) is 10.4. The molecule has 1 aliphatic carbocycles. The Kier molecular flexibility index (Phi) is 7.56. The van der Waals surface area contributed by atoms with Gasteiger partial charge in [0.25, 0.3) is 0 Å². The monoisotopic (exact) mass is 425 g/mol. The van der Waals surface area contributed by atoms with Crippen LogP contribution in [0, 0.1) is 11.8 Å². The molecule has 1 saturated heterocycles. The molecule has 30 heavy (non-hydrogen) atoms. The maximum absolute atomic E-state index is 13.0. The van der Waals surface area contributed by atoms with Crippen LogP contribution in [0.3, 0.4) is 0 Å². The summed E-state index contributed by atoms with van der Waals surface area (Å²) in [5.74, 6) is 1.57. The molecule has 0 bridgehead atoms. The number of thiazole rings is 1. The largest absolute Gasteiger partial charge is 0.340 e. The molecule has 2 heterocycles. The van der Waals surface area contributed by atoms with Crippen molar-refractivity contribution in [3.05, 3.63) is 40.7 Å². The number of aromatic nitrogens is 1. The molecule has 4 rings (SSSR count). The second-order valence-electron chi connectivity index (χ2n) is 8.95. The quantitative estimate of drug-likeness (QED) is 0.592. The van der Waals surface area contributed by atoms with Crippen LogP contribution in [0.4, 0.5) is 0 Å². The van der Waals surface area contributed by atoms with Crippen molar-refractivity contribution in [2.24, 2.45) is 11.8 Å². The number of amides is 1. The van der Waals surface area contributed by atoms with E-state index in [0.29, 0.717) is 5.91 Å². The first-order valence-electron chi connectivity index (χ1n) is 11.7. The summed E-state index contributed by atoms with van der Waals surface area (Å²) in [4.78, 5) is 22.4. The van der Waals surface area contributed by atoms with Gasteiger partial charge in [-0.3, -0.25) is 9.69 Å². The van der Waals surface area contributed by atoms with E-state index in [1.807, 2.05) is 6.07 Å². The molecule has 2 aromatic rings. The van der Waals surface area contributed by atoms with Crippen molar-refractivity contribution < 1.29 is 4.79 Å². The first kappa shape index (κ1) is 21.5. The lowest BCUT2D eigenvalue weighted by molar-refractivity contribution is -0.138. The smallest absolute Gasteiger partial charge is 0.225 e. The second kappa shape index (κ2) is 10.5. The van der Waals surface area contributed by atoms with Gasteiger partial charge in [-0.25, -0.2) is 4.98 Å². The minimum absolute atomic E-state index is 0.279. The zero-order valence-corrected chi connectivity index (χ0v) is 19.1. The van der Waals surface area contributed by atoms with E-state index in [2.05, 4.69) is 46.4 Å². The van der Waals surface area contributed by atoms with Gasteiger partial charge in [0.15, 0.2) is 0 Å².